The Labute approximate surface area is 150 Å². The molecule has 2 rings (SSSR count). The maximum Gasteiger partial charge on any atom is 0.434 e. The molecule has 0 spiro atoms. The van der Waals surface area contributed by atoms with Crippen molar-refractivity contribution in [2.75, 3.05) is 6.54 Å². The van der Waals surface area contributed by atoms with Crippen LogP contribution in [0.15, 0.2) is 30.5 Å². The topological polar surface area (TPSA) is 71.5 Å². The Kier molecular flexibility index (Phi) is 5.97. The number of halogens is 5. The highest BCUT2D eigenvalue weighted by Gasteiger charge is 2.37. The first-order valence-corrected chi connectivity index (χ1v) is 7.59. The lowest BCUT2D eigenvalue weighted by molar-refractivity contribution is -0.141. The van der Waals surface area contributed by atoms with Gasteiger partial charge in [-0.2, -0.15) is 13.2 Å². The van der Waals surface area contributed by atoms with Crippen LogP contribution < -0.4 is 10.1 Å². The van der Waals surface area contributed by atoms with E-state index in [-0.39, 0.29) is 23.1 Å². The summed E-state index contributed by atoms with van der Waals surface area (Å²) in [5.74, 6) is -0.121. The standard InChI is InChI=1S/C15H11Cl2F3N2O3/c16-10-7-22-13(15(18,19)20)11(17)12(10)25-9-3-1-8(2-4-9)5-6-21-14(23)24/h1-4,7,21H,5-6H2,(H,23,24). The summed E-state index contributed by atoms with van der Waals surface area (Å²) in [4.78, 5) is 13.6. The van der Waals surface area contributed by atoms with E-state index in [4.69, 9.17) is 33.0 Å². The molecular weight excluding hydrogens is 384 g/mol. The lowest BCUT2D eigenvalue weighted by Crippen LogP contribution is -2.23. The molecule has 0 bridgehead atoms. The second-order valence-electron chi connectivity index (χ2n) is 4.82. The average Bonchev–Trinajstić information content (AvgIpc) is 2.51. The van der Waals surface area contributed by atoms with Gasteiger partial charge in [0.05, 0.1) is 6.20 Å². The Morgan fingerprint density at radius 3 is 2.44 bits per heavy atom. The molecule has 0 radical (unpaired) electrons. The molecule has 0 saturated carbocycles. The van der Waals surface area contributed by atoms with Gasteiger partial charge < -0.3 is 15.2 Å². The van der Waals surface area contributed by atoms with Crippen molar-refractivity contribution >= 4 is 29.3 Å². The lowest BCUT2D eigenvalue weighted by Gasteiger charge is -2.14. The minimum absolute atomic E-state index is 0.160. The van der Waals surface area contributed by atoms with Crippen LogP contribution in [0.25, 0.3) is 0 Å². The monoisotopic (exact) mass is 394 g/mol. The summed E-state index contributed by atoms with van der Waals surface area (Å²) in [5.41, 5.74) is -0.478. The third kappa shape index (κ3) is 5.14. The highest BCUT2D eigenvalue weighted by molar-refractivity contribution is 6.37. The van der Waals surface area contributed by atoms with E-state index in [0.29, 0.717) is 6.42 Å². The molecule has 0 saturated heterocycles. The number of carboxylic acid groups (broad SMARTS) is 1. The Hall–Kier alpha value is -2.19. The molecule has 0 aliphatic heterocycles. The van der Waals surface area contributed by atoms with E-state index in [1.807, 2.05) is 0 Å². The molecule has 0 aliphatic carbocycles. The smallest absolute Gasteiger partial charge is 0.434 e. The maximum atomic E-state index is 12.8. The van der Waals surface area contributed by atoms with Gasteiger partial charge in [0, 0.05) is 6.54 Å². The summed E-state index contributed by atoms with van der Waals surface area (Å²) in [6.45, 7) is 0.229. The van der Waals surface area contributed by atoms with Crippen LogP contribution in [0.3, 0.4) is 0 Å². The minimum atomic E-state index is -4.74. The van der Waals surface area contributed by atoms with Gasteiger partial charge in [0.15, 0.2) is 11.4 Å². The van der Waals surface area contributed by atoms with E-state index in [0.717, 1.165) is 11.8 Å². The second-order valence-corrected chi connectivity index (χ2v) is 5.61. The van der Waals surface area contributed by atoms with Gasteiger partial charge in [-0.05, 0) is 24.1 Å². The number of nitrogens with zero attached hydrogens (tertiary/aromatic N) is 1. The van der Waals surface area contributed by atoms with Crippen LogP contribution in [0.5, 0.6) is 11.5 Å². The zero-order valence-electron chi connectivity index (χ0n) is 12.4. The van der Waals surface area contributed by atoms with E-state index < -0.39 is 23.0 Å². The zero-order chi connectivity index (χ0) is 18.6. The predicted octanol–water partition coefficient (Wildman–Crippen LogP) is 5.01. The van der Waals surface area contributed by atoms with Crippen LogP contribution in [0.1, 0.15) is 11.3 Å². The maximum absolute atomic E-state index is 12.8. The van der Waals surface area contributed by atoms with Crippen molar-refractivity contribution in [1.82, 2.24) is 10.3 Å². The number of carbonyl (C=O) groups is 1. The summed E-state index contributed by atoms with van der Waals surface area (Å²) >= 11 is 11.5. The van der Waals surface area contributed by atoms with Gasteiger partial charge in [-0.25, -0.2) is 9.78 Å². The molecule has 2 aromatic rings. The number of pyridine rings is 1. The molecular formula is C15H11Cl2F3N2O3. The second kappa shape index (κ2) is 7.79. The van der Waals surface area contributed by atoms with E-state index in [2.05, 4.69) is 10.3 Å². The van der Waals surface area contributed by atoms with Crippen molar-refractivity contribution < 1.29 is 27.8 Å². The molecule has 0 aliphatic rings. The predicted molar refractivity (Wildman–Crippen MR) is 85.5 cm³/mol. The minimum Gasteiger partial charge on any atom is -0.465 e. The molecule has 5 nitrogen and oxygen atoms in total. The molecule has 2 N–H and O–H groups in total. The van der Waals surface area contributed by atoms with Crippen LogP contribution in [0.4, 0.5) is 18.0 Å². The highest BCUT2D eigenvalue weighted by atomic mass is 35.5. The highest BCUT2D eigenvalue weighted by Crippen LogP contribution is 2.42. The molecule has 1 amide bonds. The third-order valence-corrected chi connectivity index (χ3v) is 3.65. The van der Waals surface area contributed by atoms with Gasteiger partial charge in [-0.15, -0.1) is 0 Å². The fourth-order valence-electron chi connectivity index (χ4n) is 1.90. The van der Waals surface area contributed by atoms with Crippen LogP contribution in [-0.2, 0) is 12.6 Å². The molecule has 134 valence electrons. The number of rotatable bonds is 5. The first-order chi connectivity index (χ1) is 11.7. The fraction of sp³-hybridized carbons (Fsp3) is 0.200. The van der Waals surface area contributed by atoms with E-state index in [1.54, 1.807) is 12.1 Å². The molecule has 10 heteroatoms. The Morgan fingerprint density at radius 2 is 1.88 bits per heavy atom. The first-order valence-electron chi connectivity index (χ1n) is 6.83. The van der Waals surface area contributed by atoms with Crippen molar-refractivity contribution in [2.24, 2.45) is 0 Å². The first kappa shape index (κ1) is 19.1. The average molecular weight is 395 g/mol. The fourth-order valence-corrected chi connectivity index (χ4v) is 2.42. The van der Waals surface area contributed by atoms with Crippen molar-refractivity contribution in [2.45, 2.75) is 12.6 Å². The van der Waals surface area contributed by atoms with Gasteiger partial charge in [0.1, 0.15) is 15.8 Å². The number of amides is 1. The van der Waals surface area contributed by atoms with Gasteiger partial charge >= 0.3 is 12.3 Å². The van der Waals surface area contributed by atoms with E-state index in [1.165, 1.54) is 12.1 Å². The molecule has 1 heterocycles. The van der Waals surface area contributed by atoms with Crippen molar-refractivity contribution in [1.29, 1.82) is 0 Å². The van der Waals surface area contributed by atoms with Gasteiger partial charge in [-0.1, -0.05) is 35.3 Å². The van der Waals surface area contributed by atoms with Gasteiger partial charge in [0.2, 0.25) is 0 Å². The number of hydrogen-bond donors (Lipinski definition) is 2. The lowest BCUT2D eigenvalue weighted by atomic mass is 10.1. The van der Waals surface area contributed by atoms with Crippen molar-refractivity contribution in [3.63, 3.8) is 0 Å². The van der Waals surface area contributed by atoms with Crippen LogP contribution in [0, 0.1) is 0 Å². The molecule has 25 heavy (non-hydrogen) atoms. The molecule has 0 atom stereocenters. The van der Waals surface area contributed by atoms with Crippen LogP contribution in [-0.4, -0.2) is 22.7 Å². The van der Waals surface area contributed by atoms with Gasteiger partial charge in [-0.3, -0.25) is 0 Å². The number of nitrogens with one attached hydrogen (secondary N) is 1. The molecule has 1 aromatic heterocycles. The number of aromatic nitrogens is 1. The van der Waals surface area contributed by atoms with E-state index in [9.17, 15) is 18.0 Å². The van der Waals surface area contributed by atoms with Crippen molar-refractivity contribution in [3.8, 4) is 11.5 Å². The zero-order valence-corrected chi connectivity index (χ0v) is 13.9. The number of hydrogen-bond acceptors (Lipinski definition) is 3. The summed E-state index contributed by atoms with van der Waals surface area (Å²) in [6.07, 6.45) is -4.60. The summed E-state index contributed by atoms with van der Waals surface area (Å²) in [6, 6.07) is 6.31. The summed E-state index contributed by atoms with van der Waals surface area (Å²) in [5, 5.41) is 9.82. The normalized spacial score (nSPS) is 11.2. The largest absolute Gasteiger partial charge is 0.465 e. The molecule has 0 fully saturated rings. The Balaban J connectivity index is 2.16. The Morgan fingerprint density at radius 1 is 1.24 bits per heavy atom. The number of ether oxygens (including phenoxy) is 1. The summed E-state index contributed by atoms with van der Waals surface area (Å²) in [7, 11) is 0. The third-order valence-electron chi connectivity index (χ3n) is 3.03. The van der Waals surface area contributed by atoms with Crippen LogP contribution >= 0.6 is 23.2 Å². The quantitative estimate of drug-likeness (QED) is 0.747. The summed E-state index contributed by atoms with van der Waals surface area (Å²) < 4.78 is 43.9. The molecule has 1 aromatic carbocycles. The van der Waals surface area contributed by atoms with Crippen molar-refractivity contribution in [3.05, 3.63) is 51.8 Å². The van der Waals surface area contributed by atoms with Gasteiger partial charge in [0.25, 0.3) is 0 Å². The molecule has 0 unspecified atom stereocenters. The van der Waals surface area contributed by atoms with Crippen LogP contribution in [0.2, 0.25) is 10.0 Å². The SMILES string of the molecule is O=C(O)NCCc1ccc(Oc2c(Cl)cnc(C(F)(F)F)c2Cl)cc1. The number of benzene rings is 1. The number of alkyl halides is 3. The Bertz CT molecular complexity index is 768. The van der Waals surface area contributed by atoms with E-state index >= 15 is 0 Å².